The fourth-order valence-electron chi connectivity index (χ4n) is 3.07. The van der Waals surface area contributed by atoms with Crippen LogP contribution in [0.25, 0.3) is 0 Å². The number of anilines is 1. The molecule has 0 bridgehead atoms. The van der Waals surface area contributed by atoms with Gasteiger partial charge in [0.15, 0.2) is 5.96 Å². The predicted octanol–water partition coefficient (Wildman–Crippen LogP) is 3.18. The minimum atomic E-state index is -0.514. The predicted molar refractivity (Wildman–Crippen MR) is 124 cm³/mol. The molecule has 1 fully saturated rings. The van der Waals surface area contributed by atoms with Gasteiger partial charge in [0.25, 0.3) is 0 Å². The maximum Gasteiger partial charge on any atom is 0.412 e. The van der Waals surface area contributed by atoms with Crippen LogP contribution in [0.4, 0.5) is 10.5 Å². The molecule has 1 aromatic rings. The van der Waals surface area contributed by atoms with Crippen LogP contribution >= 0.6 is 0 Å². The Labute approximate surface area is 186 Å². The van der Waals surface area contributed by atoms with Crippen LogP contribution in [-0.4, -0.2) is 64.2 Å². The molecule has 3 N–H and O–H groups in total. The number of hydrogen-bond donors (Lipinski definition) is 3. The third-order valence-corrected chi connectivity index (χ3v) is 4.66. The number of rotatable bonds is 10. The Kier molecular flexibility index (Phi) is 10.6. The highest BCUT2D eigenvalue weighted by Crippen LogP contribution is 2.13. The first-order chi connectivity index (χ1) is 14.9. The monoisotopic (exact) mass is 434 g/mol. The normalized spacial score (nSPS) is 16.8. The molecule has 8 heteroatoms. The molecule has 1 aliphatic rings. The molecule has 2 rings (SSSR count). The molecule has 0 saturated carbocycles. The molecule has 1 unspecified atom stereocenters. The first-order valence-electron chi connectivity index (χ1n) is 11.0. The van der Waals surface area contributed by atoms with Crippen LogP contribution in [0.1, 0.15) is 39.2 Å². The van der Waals surface area contributed by atoms with Crippen molar-refractivity contribution in [1.82, 2.24) is 10.6 Å². The number of aliphatic imine (C=N–C) groups is 1. The molecule has 1 aromatic carbocycles. The van der Waals surface area contributed by atoms with Crippen LogP contribution < -0.4 is 16.0 Å². The molecular weight excluding hydrogens is 396 g/mol. The average Bonchev–Trinajstić information content (AvgIpc) is 3.22. The van der Waals surface area contributed by atoms with E-state index >= 15 is 0 Å². The summed E-state index contributed by atoms with van der Waals surface area (Å²) >= 11 is 0. The molecule has 0 aromatic heterocycles. The highest BCUT2D eigenvalue weighted by molar-refractivity contribution is 5.84. The van der Waals surface area contributed by atoms with Crippen LogP contribution in [0.3, 0.4) is 0 Å². The van der Waals surface area contributed by atoms with E-state index in [0.29, 0.717) is 11.6 Å². The maximum atomic E-state index is 11.8. The van der Waals surface area contributed by atoms with Gasteiger partial charge in [-0.3, -0.25) is 10.3 Å². The number of carbonyl (C=O) groups is 1. The first kappa shape index (κ1) is 24.9. The summed E-state index contributed by atoms with van der Waals surface area (Å²) in [6, 6.07) is 7.75. The number of ether oxygens (including phenoxy) is 3. The minimum absolute atomic E-state index is 0.449. The van der Waals surface area contributed by atoms with Gasteiger partial charge in [0.1, 0.15) is 5.60 Å². The SMILES string of the molecule is CN=C(NCCCOCC1CCOC1)NCCc1ccc(NC(=O)OC(C)(C)C)cc1. The second-order valence-electron chi connectivity index (χ2n) is 8.66. The van der Waals surface area contributed by atoms with E-state index < -0.39 is 11.7 Å². The molecule has 1 aliphatic heterocycles. The molecule has 1 amide bonds. The zero-order valence-corrected chi connectivity index (χ0v) is 19.3. The summed E-state index contributed by atoms with van der Waals surface area (Å²) in [5.74, 6) is 1.34. The summed E-state index contributed by atoms with van der Waals surface area (Å²) in [7, 11) is 1.77. The number of nitrogens with one attached hydrogen (secondary N) is 3. The standard InChI is InChI=1S/C23H38N4O4/c1-23(2,3)31-22(28)27-20-8-6-18(7-9-20)10-13-26-21(24-4)25-12-5-14-29-16-19-11-15-30-17-19/h6-9,19H,5,10-17H2,1-4H3,(H,27,28)(H2,24,25,26). The van der Waals surface area contributed by atoms with Crippen LogP contribution in [0.2, 0.25) is 0 Å². The lowest BCUT2D eigenvalue weighted by Crippen LogP contribution is -2.39. The number of nitrogens with zero attached hydrogens (tertiary/aromatic N) is 1. The van der Waals surface area contributed by atoms with Crippen LogP contribution in [0, 0.1) is 5.92 Å². The van der Waals surface area contributed by atoms with E-state index in [9.17, 15) is 4.79 Å². The number of amides is 1. The zero-order chi connectivity index (χ0) is 22.5. The highest BCUT2D eigenvalue weighted by Gasteiger charge is 2.16. The van der Waals surface area contributed by atoms with Gasteiger partial charge in [-0.15, -0.1) is 0 Å². The maximum absolute atomic E-state index is 11.8. The Morgan fingerprint density at radius 3 is 2.58 bits per heavy atom. The molecule has 1 atom stereocenters. The van der Waals surface area contributed by atoms with Gasteiger partial charge in [-0.2, -0.15) is 0 Å². The first-order valence-corrected chi connectivity index (χ1v) is 11.0. The van der Waals surface area contributed by atoms with Gasteiger partial charge >= 0.3 is 6.09 Å². The molecule has 174 valence electrons. The molecule has 1 saturated heterocycles. The second-order valence-corrected chi connectivity index (χ2v) is 8.66. The molecule has 31 heavy (non-hydrogen) atoms. The van der Waals surface area contributed by atoms with Gasteiger partial charge in [-0.1, -0.05) is 12.1 Å². The summed E-state index contributed by atoms with van der Waals surface area (Å²) < 4.78 is 16.3. The van der Waals surface area contributed by atoms with E-state index in [2.05, 4.69) is 20.9 Å². The lowest BCUT2D eigenvalue weighted by Gasteiger charge is -2.19. The second kappa shape index (κ2) is 13.2. The van der Waals surface area contributed by atoms with Crippen molar-refractivity contribution in [3.05, 3.63) is 29.8 Å². The molecule has 8 nitrogen and oxygen atoms in total. The molecule has 0 spiro atoms. The van der Waals surface area contributed by atoms with Crippen LogP contribution in [0.15, 0.2) is 29.3 Å². The molecule has 0 aliphatic carbocycles. The van der Waals surface area contributed by atoms with Crippen molar-refractivity contribution < 1.29 is 19.0 Å². The van der Waals surface area contributed by atoms with E-state index in [4.69, 9.17) is 14.2 Å². The van der Waals surface area contributed by atoms with Gasteiger partial charge in [0, 0.05) is 45.0 Å². The highest BCUT2D eigenvalue weighted by atomic mass is 16.6. The number of benzene rings is 1. The van der Waals surface area contributed by atoms with Crippen molar-refractivity contribution >= 4 is 17.7 Å². The van der Waals surface area contributed by atoms with Gasteiger partial charge in [-0.25, -0.2) is 4.79 Å². The van der Waals surface area contributed by atoms with Gasteiger partial charge < -0.3 is 24.8 Å². The van der Waals surface area contributed by atoms with Crippen molar-refractivity contribution in [3.63, 3.8) is 0 Å². The van der Waals surface area contributed by atoms with Crippen molar-refractivity contribution in [2.45, 2.75) is 45.6 Å². The fourth-order valence-corrected chi connectivity index (χ4v) is 3.07. The number of carbonyl (C=O) groups excluding carboxylic acids is 1. The average molecular weight is 435 g/mol. The smallest absolute Gasteiger partial charge is 0.412 e. The number of guanidine groups is 1. The molecule has 1 heterocycles. The van der Waals surface area contributed by atoms with Gasteiger partial charge in [0.2, 0.25) is 0 Å². The Hall–Kier alpha value is -2.32. The summed E-state index contributed by atoms with van der Waals surface area (Å²) in [6.07, 6.45) is 2.44. The Bertz CT molecular complexity index is 680. The lowest BCUT2D eigenvalue weighted by atomic mass is 10.1. The topological polar surface area (TPSA) is 93.2 Å². The van der Waals surface area contributed by atoms with Crippen molar-refractivity contribution in [2.24, 2.45) is 10.9 Å². The fraction of sp³-hybridized carbons (Fsp3) is 0.652. The Morgan fingerprint density at radius 1 is 1.19 bits per heavy atom. The molecule has 0 radical (unpaired) electrons. The summed E-state index contributed by atoms with van der Waals surface area (Å²) in [4.78, 5) is 16.1. The zero-order valence-electron chi connectivity index (χ0n) is 19.3. The molecular formula is C23H38N4O4. The summed E-state index contributed by atoms with van der Waals surface area (Å²) in [5.41, 5.74) is 1.37. The van der Waals surface area contributed by atoms with Crippen molar-refractivity contribution in [3.8, 4) is 0 Å². The summed E-state index contributed by atoms with van der Waals surface area (Å²) in [6.45, 7) is 10.3. The minimum Gasteiger partial charge on any atom is -0.444 e. The van der Waals surface area contributed by atoms with Gasteiger partial charge in [0.05, 0.1) is 13.2 Å². The quantitative estimate of drug-likeness (QED) is 0.298. The van der Waals surface area contributed by atoms with E-state index in [0.717, 1.165) is 64.7 Å². The van der Waals surface area contributed by atoms with Crippen molar-refractivity contribution in [1.29, 1.82) is 0 Å². The largest absolute Gasteiger partial charge is 0.444 e. The third-order valence-electron chi connectivity index (χ3n) is 4.66. The summed E-state index contributed by atoms with van der Waals surface area (Å²) in [5, 5.41) is 9.36. The van der Waals surface area contributed by atoms with Crippen LogP contribution in [0.5, 0.6) is 0 Å². The van der Waals surface area contributed by atoms with E-state index in [1.54, 1.807) is 7.05 Å². The van der Waals surface area contributed by atoms with E-state index in [1.807, 2.05) is 45.0 Å². The Morgan fingerprint density at radius 2 is 1.94 bits per heavy atom. The lowest BCUT2D eigenvalue weighted by molar-refractivity contribution is 0.0636. The Balaban J connectivity index is 1.57. The third kappa shape index (κ3) is 11.0. The number of hydrogen-bond acceptors (Lipinski definition) is 5. The van der Waals surface area contributed by atoms with E-state index in [1.165, 1.54) is 5.56 Å². The van der Waals surface area contributed by atoms with Crippen molar-refractivity contribution in [2.75, 3.05) is 51.9 Å². The van der Waals surface area contributed by atoms with Crippen LogP contribution in [-0.2, 0) is 20.6 Å². The van der Waals surface area contributed by atoms with Gasteiger partial charge in [-0.05, 0) is 57.7 Å². The van der Waals surface area contributed by atoms with E-state index in [-0.39, 0.29) is 0 Å².